The maximum absolute atomic E-state index is 14.9. The van der Waals surface area contributed by atoms with Gasteiger partial charge in [0, 0.05) is 29.8 Å². The van der Waals surface area contributed by atoms with Crippen LogP contribution in [0.5, 0.6) is 11.5 Å². The summed E-state index contributed by atoms with van der Waals surface area (Å²) in [6, 6.07) is 16.1. The van der Waals surface area contributed by atoms with E-state index in [9.17, 15) is 14.0 Å². The zero-order valence-electron chi connectivity index (χ0n) is 20.3. The van der Waals surface area contributed by atoms with Crippen molar-refractivity contribution < 1.29 is 13.9 Å². The highest BCUT2D eigenvalue weighted by Gasteiger charge is 2.22. The highest BCUT2D eigenvalue weighted by molar-refractivity contribution is 5.99. The predicted molar refractivity (Wildman–Crippen MR) is 138 cm³/mol. The number of pyridine rings is 1. The number of carbonyl (C=O) groups is 1. The van der Waals surface area contributed by atoms with Crippen LogP contribution in [0, 0.1) is 5.82 Å². The van der Waals surface area contributed by atoms with Crippen molar-refractivity contribution >= 4 is 28.7 Å². The summed E-state index contributed by atoms with van der Waals surface area (Å²) in [7, 11) is 0. The molecule has 2 aromatic carbocycles. The molecule has 5 rings (SSSR count). The van der Waals surface area contributed by atoms with E-state index in [4.69, 9.17) is 4.74 Å². The van der Waals surface area contributed by atoms with E-state index in [-0.39, 0.29) is 16.9 Å². The van der Waals surface area contributed by atoms with Crippen LogP contribution in [0.3, 0.4) is 0 Å². The van der Waals surface area contributed by atoms with Crippen LogP contribution in [0.25, 0.3) is 16.9 Å². The third-order valence-corrected chi connectivity index (χ3v) is 5.52. The fraction of sp³-hybridized carbons (Fsp3) is 0.154. The zero-order chi connectivity index (χ0) is 26.2. The summed E-state index contributed by atoms with van der Waals surface area (Å²) in [5, 5.41) is 9.95. The number of aromatic amines is 2. The number of rotatable bonds is 5. The second kappa shape index (κ2) is 9.26. The Morgan fingerprint density at radius 3 is 2.54 bits per heavy atom. The fourth-order valence-corrected chi connectivity index (χ4v) is 3.66. The van der Waals surface area contributed by atoms with Crippen LogP contribution in [0.1, 0.15) is 26.5 Å². The number of hydrogen-bond acceptors (Lipinski definition) is 5. The molecular formula is C26H24FN7O3. The number of carbonyl (C=O) groups excluding carboxylic acids is 1. The maximum Gasteiger partial charge on any atom is 0.325 e. The Labute approximate surface area is 210 Å². The summed E-state index contributed by atoms with van der Waals surface area (Å²) < 4.78 is 22.2. The third-order valence-electron chi connectivity index (χ3n) is 5.52. The standard InChI is InChI=1S/C26H24FN7O3/c1-26(2,3)20-14-21(34(33-20)15-7-5-4-6-8-15)30-24(35)29-18-10-9-16(13-17(18)27)37-19-11-12-28-23-22(19)31-25(36)32-23/h4-14H,1-3H3,(H2,29,30,35)(H2,28,31,32,36). The Morgan fingerprint density at radius 2 is 1.81 bits per heavy atom. The van der Waals surface area contributed by atoms with Gasteiger partial charge in [0.2, 0.25) is 0 Å². The minimum atomic E-state index is -0.701. The van der Waals surface area contributed by atoms with Gasteiger partial charge in [-0.3, -0.25) is 10.3 Å². The van der Waals surface area contributed by atoms with Crippen molar-refractivity contribution in [1.82, 2.24) is 24.7 Å². The molecular weight excluding hydrogens is 477 g/mol. The number of urea groups is 1. The molecule has 3 aromatic heterocycles. The van der Waals surface area contributed by atoms with Crippen molar-refractivity contribution in [3.63, 3.8) is 0 Å². The molecule has 0 saturated carbocycles. The number of ether oxygens (including phenoxy) is 1. The largest absolute Gasteiger partial charge is 0.455 e. The molecule has 188 valence electrons. The summed E-state index contributed by atoms with van der Waals surface area (Å²) >= 11 is 0. The first kappa shape index (κ1) is 23.8. The molecule has 5 aromatic rings. The molecule has 0 atom stereocenters. The molecule has 3 heterocycles. The predicted octanol–water partition coefficient (Wildman–Crippen LogP) is 5.31. The molecule has 0 aliphatic rings. The van der Waals surface area contributed by atoms with E-state index < -0.39 is 17.5 Å². The van der Waals surface area contributed by atoms with Crippen molar-refractivity contribution in [2.45, 2.75) is 26.2 Å². The monoisotopic (exact) mass is 501 g/mol. The van der Waals surface area contributed by atoms with E-state index in [0.717, 1.165) is 17.4 Å². The third kappa shape index (κ3) is 5.06. The lowest BCUT2D eigenvalue weighted by atomic mass is 9.92. The van der Waals surface area contributed by atoms with Gasteiger partial charge >= 0.3 is 11.7 Å². The Morgan fingerprint density at radius 1 is 1.03 bits per heavy atom. The van der Waals surface area contributed by atoms with Gasteiger partial charge in [0.15, 0.2) is 11.4 Å². The summed E-state index contributed by atoms with van der Waals surface area (Å²) in [6.45, 7) is 6.08. The van der Waals surface area contributed by atoms with Gasteiger partial charge in [-0.25, -0.2) is 23.6 Å². The van der Waals surface area contributed by atoms with Crippen LogP contribution in [-0.2, 0) is 5.41 Å². The molecule has 37 heavy (non-hydrogen) atoms. The quantitative estimate of drug-likeness (QED) is 0.259. The first-order chi connectivity index (χ1) is 17.7. The lowest BCUT2D eigenvalue weighted by Crippen LogP contribution is -2.21. The summed E-state index contributed by atoms with van der Waals surface area (Å²) in [4.78, 5) is 33.5. The van der Waals surface area contributed by atoms with Gasteiger partial charge < -0.3 is 15.0 Å². The molecule has 0 spiro atoms. The molecule has 0 aliphatic heterocycles. The van der Waals surface area contributed by atoms with Gasteiger partial charge in [-0.05, 0) is 24.3 Å². The van der Waals surface area contributed by atoms with E-state index in [0.29, 0.717) is 22.7 Å². The highest BCUT2D eigenvalue weighted by Crippen LogP contribution is 2.29. The lowest BCUT2D eigenvalue weighted by Gasteiger charge is -2.14. The fourth-order valence-electron chi connectivity index (χ4n) is 3.66. The number of benzene rings is 2. The van der Waals surface area contributed by atoms with Gasteiger partial charge in [0.25, 0.3) is 0 Å². The summed E-state index contributed by atoms with van der Waals surface area (Å²) in [5.74, 6) is 0.212. The van der Waals surface area contributed by atoms with E-state index in [1.54, 1.807) is 16.8 Å². The number of H-pyrrole nitrogens is 2. The smallest absolute Gasteiger partial charge is 0.325 e. The second-order valence-electron chi connectivity index (χ2n) is 9.35. The van der Waals surface area contributed by atoms with Crippen molar-refractivity contribution in [1.29, 1.82) is 0 Å². The molecule has 11 heteroatoms. The average Bonchev–Trinajstić information content (AvgIpc) is 3.45. The number of imidazole rings is 1. The number of amides is 2. The number of nitrogens with zero attached hydrogens (tertiary/aromatic N) is 3. The van der Waals surface area contributed by atoms with Crippen molar-refractivity contribution in [3.05, 3.63) is 88.9 Å². The SMILES string of the molecule is CC(C)(C)c1cc(NC(=O)Nc2ccc(Oc3ccnc4[nH]c(=O)[nH]c34)cc2F)n(-c2ccccc2)n1. The van der Waals surface area contributed by atoms with E-state index in [2.05, 4.69) is 30.7 Å². The van der Waals surface area contributed by atoms with E-state index in [1.165, 1.54) is 18.3 Å². The van der Waals surface area contributed by atoms with Gasteiger partial charge in [-0.2, -0.15) is 5.10 Å². The minimum Gasteiger partial charge on any atom is -0.455 e. The number of fused-ring (bicyclic) bond motifs is 1. The van der Waals surface area contributed by atoms with Crippen molar-refractivity contribution in [3.8, 4) is 17.2 Å². The molecule has 0 unspecified atom stereocenters. The molecule has 4 N–H and O–H groups in total. The molecule has 10 nitrogen and oxygen atoms in total. The normalized spacial score (nSPS) is 11.5. The molecule has 0 radical (unpaired) electrons. The van der Waals surface area contributed by atoms with Crippen LogP contribution in [0.2, 0.25) is 0 Å². The molecule has 0 bridgehead atoms. The number of para-hydroxylation sites is 1. The van der Waals surface area contributed by atoms with Gasteiger partial charge in [-0.15, -0.1) is 0 Å². The summed E-state index contributed by atoms with van der Waals surface area (Å²) in [6.07, 6.45) is 1.46. The average molecular weight is 502 g/mol. The topological polar surface area (TPSA) is 130 Å². The number of hydrogen-bond donors (Lipinski definition) is 4. The van der Waals surface area contributed by atoms with Gasteiger partial charge in [0.05, 0.1) is 17.1 Å². The van der Waals surface area contributed by atoms with Crippen LogP contribution in [-0.4, -0.2) is 30.8 Å². The summed E-state index contributed by atoms with van der Waals surface area (Å²) in [5.41, 5.74) is 1.52. The maximum atomic E-state index is 14.9. The highest BCUT2D eigenvalue weighted by atomic mass is 19.1. The van der Waals surface area contributed by atoms with E-state index in [1.807, 2.05) is 51.1 Å². The van der Waals surface area contributed by atoms with Crippen molar-refractivity contribution in [2.24, 2.45) is 0 Å². The Hall–Kier alpha value is -4.93. The van der Waals surface area contributed by atoms with Crippen LogP contribution in [0.15, 0.2) is 71.7 Å². The van der Waals surface area contributed by atoms with Gasteiger partial charge in [0.1, 0.15) is 22.9 Å². The first-order valence-electron chi connectivity index (χ1n) is 11.5. The molecule has 0 saturated heterocycles. The Kier molecular flexibility index (Phi) is 5.96. The van der Waals surface area contributed by atoms with E-state index >= 15 is 0 Å². The van der Waals surface area contributed by atoms with Crippen LogP contribution >= 0.6 is 0 Å². The van der Waals surface area contributed by atoms with Crippen molar-refractivity contribution in [2.75, 3.05) is 10.6 Å². The second-order valence-corrected chi connectivity index (χ2v) is 9.35. The Balaban J connectivity index is 1.34. The Bertz CT molecular complexity index is 1650. The number of anilines is 2. The molecule has 2 amide bonds. The minimum absolute atomic E-state index is 0.0402. The number of aromatic nitrogens is 5. The van der Waals surface area contributed by atoms with Gasteiger partial charge in [-0.1, -0.05) is 39.0 Å². The number of nitrogens with one attached hydrogen (secondary N) is 4. The zero-order valence-corrected chi connectivity index (χ0v) is 20.3. The molecule has 0 fully saturated rings. The number of halogens is 1. The lowest BCUT2D eigenvalue weighted by molar-refractivity contribution is 0.262. The van der Waals surface area contributed by atoms with Crippen LogP contribution in [0.4, 0.5) is 20.7 Å². The van der Waals surface area contributed by atoms with Crippen LogP contribution < -0.4 is 21.1 Å². The molecule has 0 aliphatic carbocycles. The first-order valence-corrected chi connectivity index (χ1v) is 11.5.